The summed E-state index contributed by atoms with van der Waals surface area (Å²) in [5.41, 5.74) is 12.4. The first kappa shape index (κ1) is 7.85. The molecule has 2 nitrogen and oxygen atoms in total. The van der Waals surface area contributed by atoms with Gasteiger partial charge in [0.25, 0.3) is 0 Å². The number of benzene rings is 1. The maximum Gasteiger partial charge on any atom is 0.122 e. The number of nitrogens with two attached hydrogens (primary N) is 2. The Bertz CT molecular complexity index is 258. The quantitative estimate of drug-likeness (QED) is 0.607. The van der Waals surface area contributed by atoms with E-state index in [-0.39, 0.29) is 0 Å². The second-order valence-electron chi connectivity index (χ2n) is 2.50. The van der Waals surface area contributed by atoms with Crippen molar-refractivity contribution in [1.82, 2.24) is 0 Å². The molecule has 1 unspecified atom stereocenters. The third-order valence-corrected chi connectivity index (χ3v) is 1.57. The molecule has 3 heteroatoms. The molecule has 60 valence electrons. The van der Waals surface area contributed by atoms with Crippen LogP contribution in [-0.4, -0.2) is 0 Å². The minimum atomic E-state index is -0.988. The normalized spacial score (nSPS) is 12.9. The molecule has 1 aromatic rings. The van der Waals surface area contributed by atoms with Crippen molar-refractivity contribution >= 4 is 11.4 Å². The molecule has 1 atom stereocenters. The molecular weight excluding hydrogens is 143 g/mol. The highest BCUT2D eigenvalue weighted by Crippen LogP contribution is 2.22. The van der Waals surface area contributed by atoms with Crippen LogP contribution in [0.25, 0.3) is 0 Å². The first-order chi connectivity index (χ1) is 5.11. The third kappa shape index (κ3) is 1.61. The highest BCUT2D eigenvalue weighted by Gasteiger charge is 2.03. The molecule has 1 aromatic carbocycles. The van der Waals surface area contributed by atoms with Crippen LogP contribution in [0, 0.1) is 0 Å². The number of hydrogen-bond donors (Lipinski definition) is 2. The highest BCUT2D eigenvalue weighted by molar-refractivity contribution is 5.64. The molecule has 0 spiro atoms. The summed E-state index contributed by atoms with van der Waals surface area (Å²) in [5.74, 6) is 0. The third-order valence-electron chi connectivity index (χ3n) is 1.57. The zero-order valence-electron chi connectivity index (χ0n) is 6.34. The lowest BCUT2D eigenvalue weighted by Crippen LogP contribution is -1.96. The Kier molecular flexibility index (Phi) is 1.98. The predicted octanol–water partition coefficient (Wildman–Crippen LogP) is 1.88. The van der Waals surface area contributed by atoms with Crippen LogP contribution < -0.4 is 11.5 Å². The molecule has 0 heterocycles. The lowest BCUT2D eigenvalue weighted by molar-refractivity contribution is 0.374. The van der Waals surface area contributed by atoms with Gasteiger partial charge >= 0.3 is 0 Å². The Labute approximate surface area is 65.0 Å². The van der Waals surface area contributed by atoms with Gasteiger partial charge in [0.05, 0.1) is 11.4 Å². The standard InChI is InChI=1S/C8H11FN2/c1-5(9)6-2-3-7(10)8(11)4-6/h2-5H,10-11H2,1H3. The number of hydrogen-bond acceptors (Lipinski definition) is 2. The van der Waals surface area contributed by atoms with Crippen LogP contribution in [0.5, 0.6) is 0 Å². The van der Waals surface area contributed by atoms with Crippen molar-refractivity contribution in [2.75, 3.05) is 11.5 Å². The fourth-order valence-corrected chi connectivity index (χ4v) is 0.841. The van der Waals surface area contributed by atoms with E-state index in [1.807, 2.05) is 0 Å². The number of halogens is 1. The van der Waals surface area contributed by atoms with E-state index < -0.39 is 6.17 Å². The first-order valence-corrected chi connectivity index (χ1v) is 3.40. The highest BCUT2D eigenvalue weighted by atomic mass is 19.1. The van der Waals surface area contributed by atoms with Gasteiger partial charge in [-0.15, -0.1) is 0 Å². The fraction of sp³-hybridized carbons (Fsp3) is 0.250. The Hall–Kier alpha value is -1.25. The van der Waals surface area contributed by atoms with Gasteiger partial charge in [0.2, 0.25) is 0 Å². The van der Waals surface area contributed by atoms with Crippen molar-refractivity contribution in [2.24, 2.45) is 0 Å². The van der Waals surface area contributed by atoms with Gasteiger partial charge in [-0.3, -0.25) is 0 Å². The van der Waals surface area contributed by atoms with Crippen LogP contribution >= 0.6 is 0 Å². The Morgan fingerprint density at radius 1 is 1.27 bits per heavy atom. The van der Waals surface area contributed by atoms with Crippen LogP contribution in [0.4, 0.5) is 15.8 Å². The lowest BCUT2D eigenvalue weighted by Gasteiger charge is -2.04. The molecule has 4 N–H and O–H groups in total. The van der Waals surface area contributed by atoms with Gasteiger partial charge in [0.15, 0.2) is 0 Å². The van der Waals surface area contributed by atoms with E-state index in [0.29, 0.717) is 16.9 Å². The summed E-state index contributed by atoms with van der Waals surface area (Å²) in [6, 6.07) is 4.80. The molecule has 11 heavy (non-hydrogen) atoms. The summed E-state index contributed by atoms with van der Waals surface area (Å²) in [7, 11) is 0. The molecule has 0 aliphatic carbocycles. The van der Waals surface area contributed by atoms with Gasteiger partial charge in [-0.1, -0.05) is 6.07 Å². The van der Waals surface area contributed by atoms with Gasteiger partial charge < -0.3 is 11.5 Å². The van der Waals surface area contributed by atoms with E-state index in [0.717, 1.165) is 0 Å². The van der Waals surface area contributed by atoms with Crippen molar-refractivity contribution in [3.63, 3.8) is 0 Å². The van der Waals surface area contributed by atoms with E-state index in [1.54, 1.807) is 18.2 Å². The van der Waals surface area contributed by atoms with Crippen molar-refractivity contribution in [3.8, 4) is 0 Å². The SMILES string of the molecule is CC(F)c1ccc(N)c(N)c1. The molecule has 0 saturated heterocycles. The van der Waals surface area contributed by atoms with Crippen molar-refractivity contribution < 1.29 is 4.39 Å². The van der Waals surface area contributed by atoms with Crippen molar-refractivity contribution in [3.05, 3.63) is 23.8 Å². The van der Waals surface area contributed by atoms with E-state index in [2.05, 4.69) is 0 Å². The zero-order valence-corrected chi connectivity index (χ0v) is 6.34. The summed E-state index contributed by atoms with van der Waals surface area (Å²) in [6.07, 6.45) is -0.988. The molecular formula is C8H11FN2. The number of alkyl halides is 1. The molecule has 0 aliphatic rings. The molecule has 1 rings (SSSR count). The smallest absolute Gasteiger partial charge is 0.122 e. The van der Waals surface area contributed by atoms with Crippen molar-refractivity contribution in [2.45, 2.75) is 13.1 Å². The summed E-state index contributed by atoms with van der Waals surface area (Å²) >= 11 is 0. The summed E-state index contributed by atoms with van der Waals surface area (Å²) in [5, 5.41) is 0. The molecule has 0 bridgehead atoms. The van der Waals surface area contributed by atoms with Crippen molar-refractivity contribution in [1.29, 1.82) is 0 Å². The van der Waals surface area contributed by atoms with Gasteiger partial charge in [0.1, 0.15) is 6.17 Å². The average molecular weight is 154 g/mol. The van der Waals surface area contributed by atoms with Gasteiger partial charge in [-0.05, 0) is 24.6 Å². The second-order valence-corrected chi connectivity index (χ2v) is 2.50. The number of anilines is 2. The van der Waals surface area contributed by atoms with Gasteiger partial charge in [-0.2, -0.15) is 0 Å². The van der Waals surface area contributed by atoms with Crippen LogP contribution in [0.15, 0.2) is 18.2 Å². The van der Waals surface area contributed by atoms with Crippen LogP contribution in [-0.2, 0) is 0 Å². The minimum Gasteiger partial charge on any atom is -0.397 e. The van der Waals surface area contributed by atoms with Crippen LogP contribution in [0.2, 0.25) is 0 Å². The fourth-order valence-electron chi connectivity index (χ4n) is 0.841. The predicted molar refractivity (Wildman–Crippen MR) is 44.8 cm³/mol. The molecule has 0 radical (unpaired) electrons. The van der Waals surface area contributed by atoms with E-state index in [9.17, 15) is 4.39 Å². The van der Waals surface area contributed by atoms with Crippen LogP contribution in [0.1, 0.15) is 18.7 Å². The summed E-state index contributed by atoms with van der Waals surface area (Å²) in [4.78, 5) is 0. The van der Waals surface area contributed by atoms with Crippen LogP contribution in [0.3, 0.4) is 0 Å². The molecule has 0 amide bonds. The van der Waals surface area contributed by atoms with E-state index in [1.165, 1.54) is 6.92 Å². The molecule has 0 aromatic heterocycles. The van der Waals surface area contributed by atoms with Gasteiger partial charge in [-0.25, -0.2) is 4.39 Å². The van der Waals surface area contributed by atoms with Gasteiger partial charge in [0, 0.05) is 0 Å². The monoisotopic (exact) mass is 154 g/mol. The maximum absolute atomic E-state index is 12.6. The second kappa shape index (κ2) is 2.78. The summed E-state index contributed by atoms with van der Waals surface area (Å²) in [6.45, 7) is 1.46. The van der Waals surface area contributed by atoms with E-state index in [4.69, 9.17) is 11.5 Å². The number of rotatable bonds is 1. The topological polar surface area (TPSA) is 52.0 Å². The molecule has 0 aliphatic heterocycles. The minimum absolute atomic E-state index is 0.437. The first-order valence-electron chi connectivity index (χ1n) is 3.40. The number of nitrogen functional groups attached to an aromatic ring is 2. The lowest BCUT2D eigenvalue weighted by atomic mass is 10.1. The summed E-state index contributed by atoms with van der Waals surface area (Å²) < 4.78 is 12.6. The largest absolute Gasteiger partial charge is 0.397 e. The van der Waals surface area contributed by atoms with E-state index >= 15 is 0 Å². The molecule has 0 fully saturated rings. The Balaban J connectivity index is 3.05. The zero-order chi connectivity index (χ0) is 8.43. The Morgan fingerprint density at radius 2 is 1.91 bits per heavy atom. The molecule has 0 saturated carbocycles. The average Bonchev–Trinajstić information content (AvgIpc) is 1.94. The Morgan fingerprint density at radius 3 is 2.36 bits per heavy atom. The maximum atomic E-state index is 12.6.